The van der Waals surface area contributed by atoms with Crippen LogP contribution in [0.15, 0.2) is 42.5 Å². The van der Waals surface area contributed by atoms with E-state index in [9.17, 15) is 17.6 Å². The number of hydrogen-bond acceptors (Lipinski definition) is 3. The number of carbonyl (C=O) groups is 1. The molecule has 1 N–H and O–H groups in total. The molecule has 5 nitrogen and oxygen atoms in total. The van der Waals surface area contributed by atoms with Crippen LogP contribution in [0.2, 0.25) is 0 Å². The molecule has 0 aliphatic heterocycles. The molecule has 24 heavy (non-hydrogen) atoms. The quantitative estimate of drug-likeness (QED) is 0.902. The summed E-state index contributed by atoms with van der Waals surface area (Å²) in [5, 5.41) is 2.70. The molecule has 2 aromatic carbocycles. The molecule has 0 aromatic heterocycles. The van der Waals surface area contributed by atoms with E-state index >= 15 is 0 Å². The van der Waals surface area contributed by atoms with Crippen molar-refractivity contribution >= 4 is 27.3 Å². The number of benzene rings is 2. The highest BCUT2D eigenvalue weighted by molar-refractivity contribution is 7.92. The smallest absolute Gasteiger partial charge is 0.245 e. The van der Waals surface area contributed by atoms with Gasteiger partial charge in [0.2, 0.25) is 15.9 Å². The molecule has 0 spiro atoms. The van der Waals surface area contributed by atoms with Gasteiger partial charge in [0, 0.05) is 5.69 Å². The van der Waals surface area contributed by atoms with Crippen LogP contribution in [0, 0.1) is 19.7 Å². The maximum absolute atomic E-state index is 13.0. The molecule has 0 saturated heterocycles. The van der Waals surface area contributed by atoms with Gasteiger partial charge >= 0.3 is 0 Å². The molecular weight excluding hydrogens is 331 g/mol. The average Bonchev–Trinajstić information content (AvgIpc) is 2.48. The third-order valence-electron chi connectivity index (χ3n) is 3.46. The summed E-state index contributed by atoms with van der Waals surface area (Å²) in [6.45, 7) is 3.41. The molecule has 0 fully saturated rings. The van der Waals surface area contributed by atoms with Gasteiger partial charge in [0.1, 0.15) is 12.4 Å². The standard InChI is InChI=1S/C17H19FN2O3S/c1-12-4-9-16(13(2)10-12)19-17(21)11-20(24(3,22)23)15-7-5-14(18)6-8-15/h4-10H,11H2,1-3H3,(H,19,21). The number of amides is 1. The van der Waals surface area contributed by atoms with Gasteiger partial charge in [-0.25, -0.2) is 12.8 Å². The van der Waals surface area contributed by atoms with Gasteiger partial charge < -0.3 is 5.32 Å². The number of anilines is 2. The van der Waals surface area contributed by atoms with Crippen LogP contribution in [0.25, 0.3) is 0 Å². The Hall–Kier alpha value is -2.41. The minimum Gasteiger partial charge on any atom is -0.324 e. The summed E-state index contributed by atoms with van der Waals surface area (Å²) in [5.74, 6) is -0.955. The normalized spacial score (nSPS) is 11.2. The molecule has 128 valence electrons. The Labute approximate surface area is 141 Å². The number of aryl methyl sites for hydroxylation is 2. The van der Waals surface area contributed by atoms with Gasteiger partial charge in [0.05, 0.1) is 11.9 Å². The molecule has 0 radical (unpaired) electrons. The summed E-state index contributed by atoms with van der Waals surface area (Å²) in [6.07, 6.45) is 1.00. The molecular formula is C17H19FN2O3S. The van der Waals surface area contributed by atoms with Gasteiger partial charge in [-0.3, -0.25) is 9.10 Å². The van der Waals surface area contributed by atoms with Crippen LogP contribution >= 0.6 is 0 Å². The maximum Gasteiger partial charge on any atom is 0.245 e. The summed E-state index contributed by atoms with van der Waals surface area (Å²) in [6, 6.07) is 10.5. The first-order chi connectivity index (χ1) is 11.2. The van der Waals surface area contributed by atoms with Gasteiger partial charge in [-0.1, -0.05) is 17.7 Å². The zero-order valence-electron chi connectivity index (χ0n) is 13.7. The molecule has 0 atom stereocenters. The zero-order valence-corrected chi connectivity index (χ0v) is 14.5. The topological polar surface area (TPSA) is 66.5 Å². The predicted molar refractivity (Wildman–Crippen MR) is 93.1 cm³/mol. The first kappa shape index (κ1) is 17.9. The summed E-state index contributed by atoms with van der Waals surface area (Å²) in [4.78, 5) is 12.3. The lowest BCUT2D eigenvalue weighted by Crippen LogP contribution is -2.37. The van der Waals surface area contributed by atoms with E-state index in [0.29, 0.717) is 5.69 Å². The zero-order chi connectivity index (χ0) is 17.9. The van der Waals surface area contributed by atoms with Crippen LogP contribution in [0.3, 0.4) is 0 Å². The minimum atomic E-state index is -3.68. The second-order valence-electron chi connectivity index (χ2n) is 5.61. The number of sulfonamides is 1. The molecule has 2 rings (SSSR count). The van der Waals surface area contributed by atoms with E-state index in [1.807, 2.05) is 26.0 Å². The molecule has 0 aliphatic carbocycles. The summed E-state index contributed by atoms with van der Waals surface area (Å²) in [7, 11) is -3.68. The first-order valence-electron chi connectivity index (χ1n) is 7.27. The Morgan fingerprint density at radius 3 is 2.29 bits per heavy atom. The van der Waals surface area contributed by atoms with Crippen molar-refractivity contribution in [1.29, 1.82) is 0 Å². The van der Waals surface area contributed by atoms with Crippen molar-refractivity contribution in [2.45, 2.75) is 13.8 Å². The molecule has 0 bridgehead atoms. The minimum absolute atomic E-state index is 0.231. The molecule has 0 saturated carbocycles. The lowest BCUT2D eigenvalue weighted by Gasteiger charge is -2.22. The third-order valence-corrected chi connectivity index (χ3v) is 4.60. The fourth-order valence-corrected chi connectivity index (χ4v) is 3.14. The highest BCUT2D eigenvalue weighted by Gasteiger charge is 2.21. The van der Waals surface area contributed by atoms with Crippen LogP contribution in [0.5, 0.6) is 0 Å². The number of rotatable bonds is 5. The van der Waals surface area contributed by atoms with Gasteiger partial charge in [0.15, 0.2) is 0 Å². The number of carbonyl (C=O) groups excluding carboxylic acids is 1. The molecule has 1 amide bonds. The number of hydrogen-bond donors (Lipinski definition) is 1. The Morgan fingerprint density at radius 1 is 1.12 bits per heavy atom. The van der Waals surface area contributed by atoms with Gasteiger partial charge in [-0.2, -0.15) is 0 Å². The predicted octanol–water partition coefficient (Wildman–Crippen LogP) is 2.85. The van der Waals surface area contributed by atoms with Gasteiger partial charge in [0.25, 0.3) is 0 Å². The van der Waals surface area contributed by atoms with E-state index < -0.39 is 28.3 Å². The third kappa shape index (κ3) is 4.55. The average molecular weight is 350 g/mol. The lowest BCUT2D eigenvalue weighted by atomic mass is 10.1. The lowest BCUT2D eigenvalue weighted by molar-refractivity contribution is -0.114. The molecule has 0 heterocycles. The second-order valence-corrected chi connectivity index (χ2v) is 7.52. The Balaban J connectivity index is 2.20. The summed E-state index contributed by atoms with van der Waals surface area (Å²) in [5.41, 5.74) is 2.80. The first-order valence-corrected chi connectivity index (χ1v) is 9.12. The SMILES string of the molecule is Cc1ccc(NC(=O)CN(c2ccc(F)cc2)S(C)(=O)=O)c(C)c1. The summed E-state index contributed by atoms with van der Waals surface area (Å²) < 4.78 is 37.9. The molecule has 2 aromatic rings. The largest absolute Gasteiger partial charge is 0.324 e. The van der Waals surface area contributed by atoms with Gasteiger partial charge in [-0.15, -0.1) is 0 Å². The van der Waals surface area contributed by atoms with Gasteiger partial charge in [-0.05, 0) is 49.7 Å². The van der Waals surface area contributed by atoms with Crippen molar-refractivity contribution in [2.75, 3.05) is 22.4 Å². The van der Waals surface area contributed by atoms with Crippen LogP contribution in [-0.4, -0.2) is 27.1 Å². The molecule has 7 heteroatoms. The van der Waals surface area contributed by atoms with E-state index in [-0.39, 0.29) is 5.69 Å². The van der Waals surface area contributed by atoms with Crippen molar-refractivity contribution < 1.29 is 17.6 Å². The van der Waals surface area contributed by atoms with Crippen molar-refractivity contribution in [3.63, 3.8) is 0 Å². The number of halogens is 1. The number of nitrogens with zero attached hydrogens (tertiary/aromatic N) is 1. The van der Waals surface area contributed by atoms with Crippen molar-refractivity contribution in [2.24, 2.45) is 0 Å². The molecule has 0 aliphatic rings. The van der Waals surface area contributed by atoms with Crippen molar-refractivity contribution in [3.05, 3.63) is 59.4 Å². The Morgan fingerprint density at radius 2 is 1.75 bits per heavy atom. The highest BCUT2D eigenvalue weighted by Crippen LogP contribution is 2.19. The van der Waals surface area contributed by atoms with Crippen molar-refractivity contribution in [3.8, 4) is 0 Å². The van der Waals surface area contributed by atoms with Crippen LogP contribution in [0.4, 0.5) is 15.8 Å². The fourth-order valence-electron chi connectivity index (χ4n) is 2.28. The van der Waals surface area contributed by atoms with Crippen molar-refractivity contribution in [1.82, 2.24) is 0 Å². The van der Waals surface area contributed by atoms with E-state index in [0.717, 1.165) is 33.8 Å². The van der Waals surface area contributed by atoms with Crippen LogP contribution in [0.1, 0.15) is 11.1 Å². The maximum atomic E-state index is 13.0. The monoisotopic (exact) mass is 350 g/mol. The van der Waals surface area contributed by atoms with Crippen LogP contribution in [-0.2, 0) is 14.8 Å². The molecule has 0 unspecified atom stereocenters. The van der Waals surface area contributed by atoms with E-state index in [4.69, 9.17) is 0 Å². The Bertz CT molecular complexity index is 849. The number of nitrogens with one attached hydrogen (secondary N) is 1. The fraction of sp³-hybridized carbons (Fsp3) is 0.235. The highest BCUT2D eigenvalue weighted by atomic mass is 32.2. The Kier molecular flexibility index (Phi) is 5.23. The van der Waals surface area contributed by atoms with E-state index in [2.05, 4.69) is 5.32 Å². The summed E-state index contributed by atoms with van der Waals surface area (Å²) >= 11 is 0. The second kappa shape index (κ2) is 7.00. The van der Waals surface area contributed by atoms with Crippen LogP contribution < -0.4 is 9.62 Å². The van der Waals surface area contributed by atoms with E-state index in [1.54, 1.807) is 6.07 Å². The van der Waals surface area contributed by atoms with E-state index in [1.165, 1.54) is 12.1 Å².